The van der Waals surface area contributed by atoms with Gasteiger partial charge in [0.15, 0.2) is 6.79 Å². The molecule has 15 heteroatoms. The number of phenolic OH excluding ortho intramolecular Hbond substituents is 1. The number of phenols is 1. The van der Waals surface area contributed by atoms with Gasteiger partial charge < -0.3 is 38.9 Å². The number of aromatic hydroxyl groups is 1. The van der Waals surface area contributed by atoms with E-state index in [0.717, 1.165) is 0 Å². The minimum absolute atomic E-state index is 0.0154. The van der Waals surface area contributed by atoms with E-state index in [0.29, 0.717) is 18.6 Å². The third-order valence-electron chi connectivity index (χ3n) is 7.31. The van der Waals surface area contributed by atoms with Gasteiger partial charge in [-0.2, -0.15) is 0 Å². The number of hydroxylamine groups is 2. The first-order chi connectivity index (χ1) is 23.7. The summed E-state index contributed by atoms with van der Waals surface area (Å²) in [6.07, 6.45) is -1.57. The van der Waals surface area contributed by atoms with Crippen LogP contribution in [0.1, 0.15) is 70.3 Å². The van der Waals surface area contributed by atoms with Gasteiger partial charge in [-0.3, -0.25) is 9.59 Å². The third kappa shape index (κ3) is 9.89. The predicted molar refractivity (Wildman–Crippen MR) is 172 cm³/mol. The summed E-state index contributed by atoms with van der Waals surface area (Å²) < 4.78 is 57.2. The molecule has 0 saturated carbocycles. The molecule has 0 aliphatic carbocycles. The van der Waals surface area contributed by atoms with E-state index in [1.165, 1.54) is 61.7 Å². The van der Waals surface area contributed by atoms with Gasteiger partial charge in [-0.15, -0.1) is 5.06 Å². The molecule has 1 fully saturated rings. The van der Waals surface area contributed by atoms with Gasteiger partial charge in [0.2, 0.25) is 5.78 Å². The van der Waals surface area contributed by atoms with Crippen LogP contribution in [0.4, 0.5) is 13.6 Å². The fourth-order valence-electron chi connectivity index (χ4n) is 5.01. The van der Waals surface area contributed by atoms with Crippen LogP contribution >= 0.6 is 0 Å². The Morgan fingerprint density at radius 2 is 1.64 bits per heavy atom. The largest absolute Gasteiger partial charge is 0.528 e. The zero-order chi connectivity index (χ0) is 36.6. The number of rotatable bonds is 11. The number of ketones is 1. The van der Waals surface area contributed by atoms with Crippen LogP contribution in [0.2, 0.25) is 0 Å². The fourth-order valence-corrected chi connectivity index (χ4v) is 5.01. The van der Waals surface area contributed by atoms with Crippen molar-refractivity contribution in [3.05, 3.63) is 88.5 Å². The second kappa shape index (κ2) is 16.4. The molecule has 1 aliphatic heterocycles. The van der Waals surface area contributed by atoms with E-state index in [1.807, 2.05) is 0 Å². The molecule has 1 heterocycles. The molecule has 268 valence electrons. The molecule has 0 spiro atoms. The highest BCUT2D eigenvalue weighted by atomic mass is 19.1. The van der Waals surface area contributed by atoms with E-state index in [9.17, 15) is 24.3 Å². The van der Waals surface area contributed by atoms with Crippen LogP contribution in [0.25, 0.3) is 0 Å². The maximum Gasteiger partial charge on any atom is 0.528 e. The van der Waals surface area contributed by atoms with E-state index in [4.69, 9.17) is 28.5 Å². The maximum absolute atomic E-state index is 15.5. The molecule has 2 N–H and O–H groups in total. The van der Waals surface area contributed by atoms with Gasteiger partial charge in [-0.1, -0.05) is 0 Å². The van der Waals surface area contributed by atoms with Gasteiger partial charge in [0.1, 0.15) is 40.6 Å². The van der Waals surface area contributed by atoms with E-state index in [-0.39, 0.29) is 54.7 Å². The Morgan fingerprint density at radius 1 is 0.960 bits per heavy atom. The summed E-state index contributed by atoms with van der Waals surface area (Å²) in [6.45, 7) is 4.77. The van der Waals surface area contributed by atoms with Crippen molar-refractivity contribution in [2.24, 2.45) is 0 Å². The molecule has 4 rings (SSSR count). The van der Waals surface area contributed by atoms with Crippen molar-refractivity contribution in [2.45, 2.75) is 51.4 Å². The summed E-state index contributed by atoms with van der Waals surface area (Å²) >= 11 is 0. The van der Waals surface area contributed by atoms with E-state index in [2.05, 4.69) is 5.32 Å². The Morgan fingerprint density at radius 3 is 2.26 bits per heavy atom. The number of nitrogens with one attached hydrogen (secondary N) is 1. The molecule has 1 amide bonds. The Kier molecular flexibility index (Phi) is 12.3. The zero-order valence-corrected chi connectivity index (χ0v) is 28.1. The van der Waals surface area contributed by atoms with Gasteiger partial charge in [0.25, 0.3) is 5.91 Å². The average Bonchev–Trinajstić information content (AvgIpc) is 3.23. The minimum Gasteiger partial charge on any atom is -0.508 e. The zero-order valence-electron chi connectivity index (χ0n) is 28.1. The summed E-state index contributed by atoms with van der Waals surface area (Å²) in [5.74, 6) is -5.33. The molecular formula is C35H38F2N2O11. The van der Waals surface area contributed by atoms with Crippen LogP contribution in [0.5, 0.6) is 17.2 Å². The van der Waals surface area contributed by atoms with E-state index in [1.54, 1.807) is 20.8 Å². The van der Waals surface area contributed by atoms with Gasteiger partial charge in [0, 0.05) is 19.2 Å². The van der Waals surface area contributed by atoms with Crippen LogP contribution in [0.3, 0.4) is 0 Å². The summed E-state index contributed by atoms with van der Waals surface area (Å²) in [4.78, 5) is 57.6. The molecule has 1 saturated heterocycles. The van der Waals surface area contributed by atoms with E-state index >= 15 is 8.78 Å². The summed E-state index contributed by atoms with van der Waals surface area (Å²) in [6, 6.07) is 9.88. The number of halogens is 2. The van der Waals surface area contributed by atoms with Gasteiger partial charge >= 0.3 is 12.1 Å². The van der Waals surface area contributed by atoms with Crippen LogP contribution in [-0.2, 0) is 19.0 Å². The maximum atomic E-state index is 15.5. The highest BCUT2D eigenvalue weighted by Gasteiger charge is 2.35. The summed E-state index contributed by atoms with van der Waals surface area (Å²) in [5, 5.41) is 13.6. The van der Waals surface area contributed by atoms with Crippen LogP contribution < -0.4 is 14.8 Å². The average molecular weight is 701 g/mol. The van der Waals surface area contributed by atoms with Crippen molar-refractivity contribution < 1.29 is 61.6 Å². The van der Waals surface area contributed by atoms with Crippen LogP contribution in [0, 0.1) is 11.6 Å². The molecule has 50 heavy (non-hydrogen) atoms. The third-order valence-corrected chi connectivity index (χ3v) is 7.31. The molecule has 3 aromatic carbocycles. The standard InChI is InChI=1S/C35H38F2N2O11/c1-35(2,3)49-34(44)50-39-14-6-7-29(27(18-39)38-32(42)20-8-10-22(40)11-9-20)48-33(43)21-15-25(36)30(26(37)16-21)31(41)24-17-23(46-5)12-13-28(24)47-19-45-4/h8-13,15-17,27,29,40H,6-7,14,18-19H2,1-5H3,(H,38,42)/t27-,29-/m1/s1. The Bertz CT molecular complexity index is 1690. The number of benzene rings is 3. The normalized spacial score (nSPS) is 16.5. The summed E-state index contributed by atoms with van der Waals surface area (Å²) in [7, 11) is 2.71. The fraction of sp³-hybridized carbons (Fsp3) is 0.371. The second-order valence-corrected chi connectivity index (χ2v) is 12.2. The number of hydrogen-bond donors (Lipinski definition) is 2. The van der Waals surface area contributed by atoms with Crippen LogP contribution in [-0.4, -0.2) is 85.8 Å². The smallest absolute Gasteiger partial charge is 0.508 e. The second-order valence-electron chi connectivity index (χ2n) is 12.2. The highest BCUT2D eigenvalue weighted by molar-refractivity contribution is 6.11. The number of amides is 1. The number of nitrogens with zero attached hydrogens (tertiary/aromatic N) is 1. The molecule has 13 nitrogen and oxygen atoms in total. The lowest BCUT2D eigenvalue weighted by atomic mass is 9.99. The molecule has 0 radical (unpaired) electrons. The van der Waals surface area contributed by atoms with Gasteiger partial charge in [0.05, 0.1) is 36.4 Å². The molecule has 3 aromatic rings. The van der Waals surface area contributed by atoms with Crippen molar-refractivity contribution in [2.75, 3.05) is 34.1 Å². The van der Waals surface area contributed by atoms with Crippen LogP contribution in [0.15, 0.2) is 54.6 Å². The Hall–Kier alpha value is -5.28. The Balaban J connectivity index is 1.58. The number of ether oxygens (including phenoxy) is 5. The number of carbonyl (C=O) groups excluding carboxylic acids is 4. The van der Waals surface area contributed by atoms with Crippen molar-refractivity contribution in [1.29, 1.82) is 0 Å². The summed E-state index contributed by atoms with van der Waals surface area (Å²) in [5.41, 5.74) is -2.36. The quantitative estimate of drug-likeness (QED) is 0.154. The van der Waals surface area contributed by atoms with Crippen molar-refractivity contribution in [3.63, 3.8) is 0 Å². The number of hydrogen-bond acceptors (Lipinski definition) is 12. The molecule has 1 aliphatic rings. The first-order valence-corrected chi connectivity index (χ1v) is 15.5. The lowest BCUT2D eigenvalue weighted by molar-refractivity contribution is -0.144. The number of esters is 1. The molecule has 2 atom stereocenters. The molecular weight excluding hydrogens is 662 g/mol. The van der Waals surface area contributed by atoms with Gasteiger partial charge in [-0.25, -0.2) is 18.4 Å². The predicted octanol–water partition coefficient (Wildman–Crippen LogP) is 5.18. The van der Waals surface area contributed by atoms with Gasteiger partial charge in [-0.05, 0) is 88.2 Å². The SMILES string of the molecule is COCOc1ccc(OC)cc1C(=O)c1c(F)cc(C(=O)O[C@@H]2CCCN(OC(=O)OC(C)(C)C)C[C@H]2NC(=O)c2ccc(O)cc2)cc1F. The highest BCUT2D eigenvalue weighted by Crippen LogP contribution is 2.29. The van der Waals surface area contributed by atoms with Crippen molar-refractivity contribution in [3.8, 4) is 17.2 Å². The first-order valence-electron chi connectivity index (χ1n) is 15.5. The Labute approximate surface area is 286 Å². The van der Waals surface area contributed by atoms with Crippen molar-refractivity contribution in [1.82, 2.24) is 10.4 Å². The number of carbonyl (C=O) groups is 4. The molecule has 0 unspecified atom stereocenters. The van der Waals surface area contributed by atoms with Crippen molar-refractivity contribution >= 4 is 23.8 Å². The minimum atomic E-state index is -1.34. The lowest BCUT2D eigenvalue weighted by Gasteiger charge is -2.29. The molecule has 0 aromatic heterocycles. The lowest BCUT2D eigenvalue weighted by Crippen LogP contribution is -2.50. The van der Waals surface area contributed by atoms with E-state index < -0.39 is 64.3 Å². The first kappa shape index (κ1) is 37.5. The molecule has 0 bridgehead atoms. The topological polar surface area (TPSA) is 159 Å². The monoisotopic (exact) mass is 700 g/mol. The number of methoxy groups -OCH3 is 2.